The molecule has 0 aliphatic heterocycles. The molecule has 0 radical (unpaired) electrons. The van der Waals surface area contributed by atoms with Gasteiger partial charge in [-0.25, -0.2) is 13.1 Å². The van der Waals surface area contributed by atoms with Crippen LogP contribution in [0.3, 0.4) is 0 Å². The Balaban J connectivity index is 1.90. The first-order valence-corrected chi connectivity index (χ1v) is 12.1. The highest BCUT2D eigenvalue weighted by molar-refractivity contribution is 7.89. The quantitative estimate of drug-likeness (QED) is 0.505. The number of Topliss-reactive ketones (excluding diaryl/α,β-unsaturated/α-hetero) is 1. The fraction of sp³-hybridized carbons (Fsp3) is 0.417. The van der Waals surface area contributed by atoms with Gasteiger partial charge in [0.05, 0.1) is 4.90 Å². The van der Waals surface area contributed by atoms with Crippen LogP contribution >= 0.6 is 0 Å². The van der Waals surface area contributed by atoms with Crippen LogP contribution in [0.15, 0.2) is 53.4 Å². The summed E-state index contributed by atoms with van der Waals surface area (Å²) in [4.78, 5) is 23.8. The van der Waals surface area contributed by atoms with Crippen LogP contribution in [0.25, 0.3) is 0 Å². The minimum absolute atomic E-state index is 0.0972. The number of benzene rings is 2. The second kappa shape index (κ2) is 11.2. The Hall–Kier alpha value is -2.51. The predicted octanol–water partition coefficient (Wildman–Crippen LogP) is 4.31. The van der Waals surface area contributed by atoms with E-state index in [4.69, 9.17) is 0 Å². The SMILES string of the molecule is CC(=O)c1ccc(S(=O)(=O)NCc2ccc(C(=O)NC(C)CCCC(C)C)cc2)cc1. The number of nitrogens with one attached hydrogen (secondary N) is 2. The van der Waals surface area contributed by atoms with Gasteiger partial charge in [0, 0.05) is 23.7 Å². The summed E-state index contributed by atoms with van der Waals surface area (Å²) < 4.78 is 27.4. The Labute approximate surface area is 185 Å². The van der Waals surface area contributed by atoms with E-state index < -0.39 is 10.0 Å². The number of ketones is 1. The molecule has 6 nitrogen and oxygen atoms in total. The van der Waals surface area contributed by atoms with Crippen molar-refractivity contribution in [3.63, 3.8) is 0 Å². The van der Waals surface area contributed by atoms with Gasteiger partial charge in [-0.1, -0.05) is 51.0 Å². The van der Waals surface area contributed by atoms with Crippen molar-refractivity contribution in [2.45, 2.75) is 64.4 Å². The number of carbonyl (C=O) groups is 2. The molecule has 0 heterocycles. The number of carbonyl (C=O) groups excluding carboxylic acids is 2. The van der Waals surface area contributed by atoms with E-state index in [2.05, 4.69) is 23.9 Å². The van der Waals surface area contributed by atoms with Gasteiger partial charge in [0.15, 0.2) is 5.78 Å². The maximum Gasteiger partial charge on any atom is 0.251 e. The maximum absolute atomic E-state index is 12.5. The molecule has 1 atom stereocenters. The zero-order valence-corrected chi connectivity index (χ0v) is 19.5. The molecule has 7 heteroatoms. The van der Waals surface area contributed by atoms with Gasteiger partial charge < -0.3 is 5.32 Å². The van der Waals surface area contributed by atoms with E-state index in [1.165, 1.54) is 31.2 Å². The molecule has 0 aliphatic carbocycles. The molecule has 31 heavy (non-hydrogen) atoms. The van der Waals surface area contributed by atoms with Crippen molar-refractivity contribution in [2.24, 2.45) is 5.92 Å². The van der Waals surface area contributed by atoms with Crippen molar-refractivity contribution in [3.8, 4) is 0 Å². The van der Waals surface area contributed by atoms with Crippen LogP contribution < -0.4 is 10.0 Å². The standard InChI is InChI=1S/C24H32N2O4S/c1-17(2)6-5-7-18(3)26-24(28)22-10-8-20(9-11-22)16-25-31(29,30)23-14-12-21(13-15-23)19(4)27/h8-15,17-18,25H,5-7,16H2,1-4H3,(H,26,28). The molecular formula is C24H32N2O4S. The number of amides is 1. The van der Waals surface area contributed by atoms with Crippen LogP contribution in [0.5, 0.6) is 0 Å². The molecule has 0 bridgehead atoms. The molecule has 0 aromatic heterocycles. The van der Waals surface area contributed by atoms with E-state index in [0.29, 0.717) is 17.0 Å². The van der Waals surface area contributed by atoms with Crippen LogP contribution in [-0.2, 0) is 16.6 Å². The van der Waals surface area contributed by atoms with Gasteiger partial charge in [0.1, 0.15) is 0 Å². The van der Waals surface area contributed by atoms with E-state index in [-0.39, 0.29) is 29.2 Å². The molecule has 0 spiro atoms. The number of sulfonamides is 1. The lowest BCUT2D eigenvalue weighted by Crippen LogP contribution is -2.32. The van der Waals surface area contributed by atoms with Crippen LogP contribution in [0.4, 0.5) is 0 Å². The Morgan fingerprint density at radius 3 is 2.00 bits per heavy atom. The summed E-state index contributed by atoms with van der Waals surface area (Å²) in [5.74, 6) is 0.411. The van der Waals surface area contributed by atoms with Gasteiger partial charge in [0.25, 0.3) is 5.91 Å². The average Bonchev–Trinajstić information content (AvgIpc) is 2.72. The summed E-state index contributed by atoms with van der Waals surface area (Å²) in [6.45, 7) is 7.91. The number of rotatable bonds is 11. The van der Waals surface area contributed by atoms with E-state index in [1.54, 1.807) is 24.3 Å². The van der Waals surface area contributed by atoms with Gasteiger partial charge in [-0.2, -0.15) is 0 Å². The number of hydrogen-bond donors (Lipinski definition) is 2. The number of hydrogen-bond acceptors (Lipinski definition) is 4. The summed E-state index contributed by atoms with van der Waals surface area (Å²) in [7, 11) is -3.70. The molecule has 168 valence electrons. The van der Waals surface area contributed by atoms with E-state index in [1.807, 2.05) is 6.92 Å². The molecule has 2 aromatic carbocycles. The molecule has 0 saturated carbocycles. The monoisotopic (exact) mass is 444 g/mol. The summed E-state index contributed by atoms with van der Waals surface area (Å²) in [6, 6.07) is 12.8. The summed E-state index contributed by atoms with van der Waals surface area (Å²) in [5.41, 5.74) is 1.75. The molecule has 2 rings (SSSR count). The maximum atomic E-state index is 12.5. The molecule has 2 aromatic rings. The zero-order valence-electron chi connectivity index (χ0n) is 18.6. The molecule has 1 unspecified atom stereocenters. The highest BCUT2D eigenvalue weighted by Gasteiger charge is 2.15. The fourth-order valence-corrected chi connectivity index (χ4v) is 4.13. The summed E-state index contributed by atoms with van der Waals surface area (Å²) in [5, 5.41) is 3.01. The van der Waals surface area contributed by atoms with Gasteiger partial charge in [0.2, 0.25) is 10.0 Å². The topological polar surface area (TPSA) is 92.3 Å². The highest BCUT2D eigenvalue weighted by atomic mass is 32.2. The third kappa shape index (κ3) is 7.92. The van der Waals surface area contributed by atoms with Crippen molar-refractivity contribution in [2.75, 3.05) is 0 Å². The Kier molecular flexibility index (Phi) is 8.95. The van der Waals surface area contributed by atoms with E-state index in [9.17, 15) is 18.0 Å². The van der Waals surface area contributed by atoms with Crippen molar-refractivity contribution in [1.29, 1.82) is 0 Å². The zero-order chi connectivity index (χ0) is 23.0. The first-order valence-electron chi connectivity index (χ1n) is 10.6. The molecule has 0 fully saturated rings. The molecule has 2 N–H and O–H groups in total. The minimum atomic E-state index is -3.70. The van der Waals surface area contributed by atoms with Gasteiger partial charge >= 0.3 is 0 Å². The van der Waals surface area contributed by atoms with Crippen molar-refractivity contribution in [1.82, 2.24) is 10.0 Å². The summed E-state index contributed by atoms with van der Waals surface area (Å²) in [6.07, 6.45) is 3.17. The fourth-order valence-electron chi connectivity index (χ4n) is 3.12. The van der Waals surface area contributed by atoms with E-state index >= 15 is 0 Å². The lowest BCUT2D eigenvalue weighted by Gasteiger charge is -2.15. The molecule has 0 saturated heterocycles. The van der Waals surface area contributed by atoms with Crippen molar-refractivity contribution >= 4 is 21.7 Å². The highest BCUT2D eigenvalue weighted by Crippen LogP contribution is 2.13. The molecular weight excluding hydrogens is 412 g/mol. The smallest absolute Gasteiger partial charge is 0.251 e. The lowest BCUT2D eigenvalue weighted by molar-refractivity contribution is 0.0937. The van der Waals surface area contributed by atoms with Crippen molar-refractivity contribution in [3.05, 3.63) is 65.2 Å². The minimum Gasteiger partial charge on any atom is -0.350 e. The van der Waals surface area contributed by atoms with Gasteiger partial charge in [-0.05, 0) is 56.0 Å². The Morgan fingerprint density at radius 1 is 0.871 bits per heavy atom. The van der Waals surface area contributed by atoms with Gasteiger partial charge in [-0.15, -0.1) is 0 Å². The largest absolute Gasteiger partial charge is 0.350 e. The predicted molar refractivity (Wildman–Crippen MR) is 123 cm³/mol. The van der Waals surface area contributed by atoms with Gasteiger partial charge in [-0.3, -0.25) is 9.59 Å². The normalized spacial score (nSPS) is 12.5. The summed E-state index contributed by atoms with van der Waals surface area (Å²) >= 11 is 0. The third-order valence-electron chi connectivity index (χ3n) is 5.05. The van der Waals surface area contributed by atoms with Crippen LogP contribution in [-0.4, -0.2) is 26.2 Å². The third-order valence-corrected chi connectivity index (χ3v) is 6.47. The Morgan fingerprint density at radius 2 is 1.45 bits per heavy atom. The second-order valence-corrected chi connectivity index (χ2v) is 10.1. The van der Waals surface area contributed by atoms with Crippen LogP contribution in [0, 0.1) is 5.92 Å². The Bertz CT molecular complexity index is 981. The molecule has 1 amide bonds. The lowest BCUT2D eigenvalue weighted by atomic mass is 10.0. The first kappa shape index (κ1) is 24.8. The van der Waals surface area contributed by atoms with Crippen molar-refractivity contribution < 1.29 is 18.0 Å². The van der Waals surface area contributed by atoms with E-state index in [0.717, 1.165) is 24.8 Å². The van der Waals surface area contributed by atoms with Crippen LogP contribution in [0.2, 0.25) is 0 Å². The second-order valence-electron chi connectivity index (χ2n) is 8.30. The van der Waals surface area contributed by atoms with Crippen LogP contribution in [0.1, 0.15) is 73.2 Å². The molecule has 0 aliphatic rings. The first-order chi connectivity index (χ1) is 14.6. The average molecular weight is 445 g/mol.